The molecule has 13 heavy (non-hydrogen) atoms. The Bertz CT molecular complexity index is 110. The zero-order valence-electron chi connectivity index (χ0n) is 9.97. The first-order valence-electron chi connectivity index (χ1n) is 5.71. The predicted molar refractivity (Wildman–Crippen MR) is 59.0 cm³/mol. The van der Waals surface area contributed by atoms with E-state index in [1.165, 1.54) is 25.7 Å². The molecule has 0 N–H and O–H groups in total. The van der Waals surface area contributed by atoms with Crippen molar-refractivity contribution in [2.45, 2.75) is 72.5 Å². The van der Waals surface area contributed by atoms with Crippen molar-refractivity contribution in [2.75, 3.05) is 0 Å². The summed E-state index contributed by atoms with van der Waals surface area (Å²) in [5.74, 6) is 0.814. The number of hydrogen-bond donors (Lipinski definition) is 0. The largest absolute Gasteiger partial charge is 0.376 e. The third-order valence-corrected chi connectivity index (χ3v) is 2.29. The van der Waals surface area contributed by atoms with E-state index in [1.807, 2.05) is 0 Å². The average Bonchev–Trinajstić information content (AvgIpc) is 1.98. The van der Waals surface area contributed by atoms with Gasteiger partial charge in [0.05, 0.1) is 12.2 Å². The van der Waals surface area contributed by atoms with Crippen molar-refractivity contribution in [3.8, 4) is 0 Å². The lowest BCUT2D eigenvalue weighted by molar-refractivity contribution is 0.00608. The molecule has 1 nitrogen and oxygen atoms in total. The van der Waals surface area contributed by atoms with Crippen molar-refractivity contribution in [1.82, 2.24) is 0 Å². The molecule has 0 amide bonds. The Hall–Kier alpha value is -0.0400. The third-order valence-electron chi connectivity index (χ3n) is 2.29. The molecule has 80 valence electrons. The van der Waals surface area contributed by atoms with Crippen LogP contribution in [0.4, 0.5) is 0 Å². The lowest BCUT2D eigenvalue weighted by Crippen LogP contribution is -2.17. The molecule has 2 atom stereocenters. The van der Waals surface area contributed by atoms with Gasteiger partial charge in [0.2, 0.25) is 0 Å². The fourth-order valence-electron chi connectivity index (χ4n) is 1.76. The molecular weight excluding hydrogens is 160 g/mol. The van der Waals surface area contributed by atoms with Gasteiger partial charge in [-0.05, 0) is 33.1 Å². The van der Waals surface area contributed by atoms with Crippen LogP contribution >= 0.6 is 0 Å². The topological polar surface area (TPSA) is 9.23 Å². The molecule has 0 rings (SSSR count). The first-order valence-corrected chi connectivity index (χ1v) is 5.71. The molecule has 0 aromatic heterocycles. The average molecular weight is 186 g/mol. The molecule has 2 unspecified atom stereocenters. The van der Waals surface area contributed by atoms with Crippen LogP contribution in [0.2, 0.25) is 0 Å². The van der Waals surface area contributed by atoms with E-state index in [4.69, 9.17) is 4.74 Å². The second-order valence-corrected chi connectivity index (χ2v) is 4.48. The minimum atomic E-state index is 0.369. The van der Waals surface area contributed by atoms with Gasteiger partial charge in [-0.1, -0.05) is 33.1 Å². The van der Waals surface area contributed by atoms with Gasteiger partial charge in [-0.2, -0.15) is 0 Å². The summed E-state index contributed by atoms with van der Waals surface area (Å²) in [6, 6.07) is 0. The van der Waals surface area contributed by atoms with Crippen LogP contribution in [0.5, 0.6) is 0 Å². The number of hydrogen-bond acceptors (Lipinski definition) is 1. The summed E-state index contributed by atoms with van der Waals surface area (Å²) in [7, 11) is 0. The van der Waals surface area contributed by atoms with Gasteiger partial charge in [0.1, 0.15) is 0 Å². The summed E-state index contributed by atoms with van der Waals surface area (Å²) in [5.41, 5.74) is 0. The van der Waals surface area contributed by atoms with Gasteiger partial charge in [0.15, 0.2) is 0 Å². The van der Waals surface area contributed by atoms with Crippen LogP contribution in [0, 0.1) is 5.92 Å². The Morgan fingerprint density at radius 2 is 1.69 bits per heavy atom. The van der Waals surface area contributed by atoms with Crippen LogP contribution in [-0.4, -0.2) is 12.2 Å². The Balaban J connectivity index is 3.46. The summed E-state index contributed by atoms with van der Waals surface area (Å²) in [6.07, 6.45) is 6.01. The summed E-state index contributed by atoms with van der Waals surface area (Å²) in [5, 5.41) is 0. The van der Waals surface area contributed by atoms with Gasteiger partial charge in [0.25, 0.3) is 0 Å². The Morgan fingerprint density at radius 3 is 2.15 bits per heavy atom. The Kier molecular flexibility index (Phi) is 7.35. The first kappa shape index (κ1) is 13.0. The van der Waals surface area contributed by atoms with Gasteiger partial charge >= 0.3 is 0 Å². The maximum absolute atomic E-state index is 5.70. The van der Waals surface area contributed by atoms with Crippen LogP contribution < -0.4 is 0 Å². The van der Waals surface area contributed by atoms with E-state index in [-0.39, 0.29) is 0 Å². The molecule has 0 radical (unpaired) electrons. The van der Waals surface area contributed by atoms with Crippen molar-refractivity contribution in [2.24, 2.45) is 5.92 Å². The van der Waals surface area contributed by atoms with Gasteiger partial charge < -0.3 is 4.74 Å². The van der Waals surface area contributed by atoms with Crippen molar-refractivity contribution < 1.29 is 4.74 Å². The SMILES string of the molecule is CCCCC(C)CC(C)OC(C)C. The molecule has 0 aliphatic rings. The molecule has 0 heterocycles. The van der Waals surface area contributed by atoms with Crippen LogP contribution in [0.1, 0.15) is 60.3 Å². The fraction of sp³-hybridized carbons (Fsp3) is 1.00. The number of rotatable bonds is 7. The fourth-order valence-corrected chi connectivity index (χ4v) is 1.76. The molecule has 0 aliphatic heterocycles. The quantitative estimate of drug-likeness (QED) is 0.583. The van der Waals surface area contributed by atoms with E-state index in [0.29, 0.717) is 12.2 Å². The van der Waals surface area contributed by atoms with E-state index >= 15 is 0 Å². The summed E-state index contributed by atoms with van der Waals surface area (Å²) >= 11 is 0. The van der Waals surface area contributed by atoms with E-state index in [2.05, 4.69) is 34.6 Å². The van der Waals surface area contributed by atoms with E-state index < -0.39 is 0 Å². The lowest BCUT2D eigenvalue weighted by Gasteiger charge is -2.19. The minimum Gasteiger partial charge on any atom is -0.376 e. The van der Waals surface area contributed by atoms with Crippen molar-refractivity contribution >= 4 is 0 Å². The highest BCUT2D eigenvalue weighted by atomic mass is 16.5. The highest BCUT2D eigenvalue weighted by Gasteiger charge is 2.09. The maximum atomic E-state index is 5.70. The molecule has 0 aromatic rings. The van der Waals surface area contributed by atoms with E-state index in [1.54, 1.807) is 0 Å². The molecule has 0 bridgehead atoms. The van der Waals surface area contributed by atoms with Gasteiger partial charge in [0, 0.05) is 0 Å². The monoisotopic (exact) mass is 186 g/mol. The van der Waals surface area contributed by atoms with Crippen LogP contribution in [0.3, 0.4) is 0 Å². The highest BCUT2D eigenvalue weighted by Crippen LogP contribution is 2.16. The molecule has 0 spiro atoms. The molecule has 0 aliphatic carbocycles. The van der Waals surface area contributed by atoms with Crippen molar-refractivity contribution in [3.63, 3.8) is 0 Å². The third kappa shape index (κ3) is 8.29. The maximum Gasteiger partial charge on any atom is 0.0553 e. The standard InChI is InChI=1S/C12H26O/c1-6-7-8-11(4)9-12(5)13-10(2)3/h10-12H,6-9H2,1-5H3. The second kappa shape index (κ2) is 7.37. The zero-order valence-corrected chi connectivity index (χ0v) is 9.97. The molecule has 0 aromatic carbocycles. The van der Waals surface area contributed by atoms with Crippen molar-refractivity contribution in [3.05, 3.63) is 0 Å². The predicted octanol–water partition coefficient (Wildman–Crippen LogP) is 4.02. The normalized spacial score (nSPS) is 16.2. The van der Waals surface area contributed by atoms with Crippen LogP contribution in [0.25, 0.3) is 0 Å². The number of unbranched alkanes of at least 4 members (excludes halogenated alkanes) is 1. The van der Waals surface area contributed by atoms with Crippen LogP contribution in [0.15, 0.2) is 0 Å². The first-order chi connectivity index (χ1) is 6.06. The summed E-state index contributed by atoms with van der Waals surface area (Å²) in [6.45, 7) is 11.0. The van der Waals surface area contributed by atoms with E-state index in [0.717, 1.165) is 5.92 Å². The smallest absolute Gasteiger partial charge is 0.0553 e. The van der Waals surface area contributed by atoms with Crippen molar-refractivity contribution in [1.29, 1.82) is 0 Å². The molecule has 1 heteroatoms. The zero-order chi connectivity index (χ0) is 10.3. The Morgan fingerprint density at radius 1 is 1.08 bits per heavy atom. The second-order valence-electron chi connectivity index (χ2n) is 4.48. The van der Waals surface area contributed by atoms with Crippen LogP contribution in [-0.2, 0) is 4.74 Å². The van der Waals surface area contributed by atoms with Gasteiger partial charge in [-0.3, -0.25) is 0 Å². The van der Waals surface area contributed by atoms with E-state index in [9.17, 15) is 0 Å². The molecular formula is C12H26O. The highest BCUT2D eigenvalue weighted by molar-refractivity contribution is 4.59. The number of ether oxygens (including phenoxy) is 1. The van der Waals surface area contributed by atoms with Gasteiger partial charge in [-0.25, -0.2) is 0 Å². The minimum absolute atomic E-state index is 0.369. The summed E-state index contributed by atoms with van der Waals surface area (Å²) in [4.78, 5) is 0. The molecule has 0 fully saturated rings. The molecule has 0 saturated carbocycles. The Labute approximate surface area is 83.9 Å². The molecule has 0 saturated heterocycles. The lowest BCUT2D eigenvalue weighted by atomic mass is 9.98. The van der Waals surface area contributed by atoms with Gasteiger partial charge in [-0.15, -0.1) is 0 Å². The summed E-state index contributed by atoms with van der Waals surface area (Å²) < 4.78 is 5.70.